The SMILES string of the molecule is CN1CCN(Cc2ccc(CN)[nH]2)CC1. The molecular weight excluding hydrogens is 188 g/mol. The molecule has 0 aliphatic carbocycles. The number of aromatic nitrogens is 1. The molecule has 1 aliphatic rings. The molecule has 0 radical (unpaired) electrons. The smallest absolute Gasteiger partial charge is 0.0386 e. The lowest BCUT2D eigenvalue weighted by atomic mass is 10.3. The molecule has 1 aliphatic heterocycles. The Kier molecular flexibility index (Phi) is 3.41. The first-order valence-corrected chi connectivity index (χ1v) is 5.55. The van der Waals surface area contributed by atoms with E-state index in [2.05, 4.69) is 34.0 Å². The van der Waals surface area contributed by atoms with Gasteiger partial charge in [-0.05, 0) is 19.2 Å². The summed E-state index contributed by atoms with van der Waals surface area (Å²) in [5, 5.41) is 0. The number of piperazine rings is 1. The van der Waals surface area contributed by atoms with Crippen LogP contribution in [-0.4, -0.2) is 48.0 Å². The quantitative estimate of drug-likeness (QED) is 0.747. The van der Waals surface area contributed by atoms with E-state index in [1.54, 1.807) is 0 Å². The van der Waals surface area contributed by atoms with E-state index in [0.717, 1.165) is 25.3 Å². The zero-order valence-electron chi connectivity index (χ0n) is 9.37. The first-order valence-electron chi connectivity index (χ1n) is 5.55. The molecule has 0 bridgehead atoms. The van der Waals surface area contributed by atoms with E-state index in [0.29, 0.717) is 6.54 Å². The van der Waals surface area contributed by atoms with Crippen LogP contribution in [0.3, 0.4) is 0 Å². The third-order valence-corrected chi connectivity index (χ3v) is 3.02. The highest BCUT2D eigenvalue weighted by Crippen LogP contribution is 2.07. The molecule has 1 saturated heterocycles. The van der Waals surface area contributed by atoms with Crippen LogP contribution in [0.2, 0.25) is 0 Å². The fourth-order valence-corrected chi connectivity index (χ4v) is 1.95. The van der Waals surface area contributed by atoms with Crippen molar-refractivity contribution in [2.75, 3.05) is 33.2 Å². The third-order valence-electron chi connectivity index (χ3n) is 3.02. The molecule has 3 N–H and O–H groups in total. The number of nitrogens with zero attached hydrogens (tertiary/aromatic N) is 2. The van der Waals surface area contributed by atoms with Crippen molar-refractivity contribution in [3.8, 4) is 0 Å². The summed E-state index contributed by atoms with van der Waals surface area (Å²) in [6.07, 6.45) is 0. The van der Waals surface area contributed by atoms with Crippen LogP contribution in [-0.2, 0) is 13.1 Å². The number of nitrogens with two attached hydrogens (primary N) is 1. The molecule has 2 rings (SSSR count). The second kappa shape index (κ2) is 4.79. The maximum absolute atomic E-state index is 5.56. The Bertz CT molecular complexity index is 299. The molecule has 0 amide bonds. The molecule has 0 spiro atoms. The van der Waals surface area contributed by atoms with Gasteiger partial charge in [0.05, 0.1) is 0 Å². The molecule has 84 valence electrons. The fraction of sp³-hybridized carbons (Fsp3) is 0.636. The van der Waals surface area contributed by atoms with Gasteiger partial charge in [0.2, 0.25) is 0 Å². The minimum absolute atomic E-state index is 0.600. The lowest BCUT2D eigenvalue weighted by Crippen LogP contribution is -2.43. The minimum Gasteiger partial charge on any atom is -0.360 e. The molecule has 4 heteroatoms. The Morgan fingerprint density at radius 2 is 1.87 bits per heavy atom. The molecular formula is C11H20N4. The third kappa shape index (κ3) is 2.81. The van der Waals surface area contributed by atoms with E-state index in [4.69, 9.17) is 5.73 Å². The van der Waals surface area contributed by atoms with Crippen LogP contribution < -0.4 is 5.73 Å². The van der Waals surface area contributed by atoms with Gasteiger partial charge >= 0.3 is 0 Å². The van der Waals surface area contributed by atoms with Crippen molar-refractivity contribution in [3.63, 3.8) is 0 Å². The number of nitrogens with one attached hydrogen (secondary N) is 1. The number of rotatable bonds is 3. The summed E-state index contributed by atoms with van der Waals surface area (Å²) in [4.78, 5) is 8.19. The van der Waals surface area contributed by atoms with Crippen LogP contribution >= 0.6 is 0 Å². The van der Waals surface area contributed by atoms with Gasteiger partial charge < -0.3 is 15.6 Å². The second-order valence-corrected chi connectivity index (χ2v) is 4.29. The summed E-state index contributed by atoms with van der Waals surface area (Å²) >= 11 is 0. The summed E-state index contributed by atoms with van der Waals surface area (Å²) in [7, 11) is 2.18. The number of hydrogen-bond donors (Lipinski definition) is 2. The van der Waals surface area contributed by atoms with Gasteiger partial charge in [-0.3, -0.25) is 4.90 Å². The summed E-state index contributed by atoms with van der Waals surface area (Å²) < 4.78 is 0. The molecule has 1 fully saturated rings. The molecule has 0 aromatic carbocycles. The van der Waals surface area contributed by atoms with Crippen LogP contribution in [0, 0.1) is 0 Å². The van der Waals surface area contributed by atoms with Gasteiger partial charge in [-0.15, -0.1) is 0 Å². The van der Waals surface area contributed by atoms with Crippen molar-refractivity contribution in [3.05, 3.63) is 23.5 Å². The maximum Gasteiger partial charge on any atom is 0.0386 e. The Morgan fingerprint density at radius 3 is 2.47 bits per heavy atom. The normalized spacial score (nSPS) is 19.6. The molecule has 0 atom stereocenters. The fourth-order valence-electron chi connectivity index (χ4n) is 1.95. The zero-order valence-corrected chi connectivity index (χ0v) is 9.37. The highest BCUT2D eigenvalue weighted by molar-refractivity contribution is 5.12. The van der Waals surface area contributed by atoms with Gasteiger partial charge in [-0.2, -0.15) is 0 Å². The van der Waals surface area contributed by atoms with E-state index in [9.17, 15) is 0 Å². The number of hydrogen-bond acceptors (Lipinski definition) is 3. The van der Waals surface area contributed by atoms with Crippen molar-refractivity contribution in [1.82, 2.24) is 14.8 Å². The lowest BCUT2D eigenvalue weighted by molar-refractivity contribution is 0.147. The van der Waals surface area contributed by atoms with Crippen LogP contribution in [0.1, 0.15) is 11.4 Å². The van der Waals surface area contributed by atoms with E-state index in [1.165, 1.54) is 18.8 Å². The minimum atomic E-state index is 0.600. The molecule has 4 nitrogen and oxygen atoms in total. The largest absolute Gasteiger partial charge is 0.360 e. The predicted molar refractivity (Wildman–Crippen MR) is 61.5 cm³/mol. The topological polar surface area (TPSA) is 48.3 Å². The monoisotopic (exact) mass is 208 g/mol. The van der Waals surface area contributed by atoms with E-state index in [1.807, 2.05) is 0 Å². The van der Waals surface area contributed by atoms with Crippen LogP contribution in [0.15, 0.2) is 12.1 Å². The predicted octanol–water partition coefficient (Wildman–Crippen LogP) is 0.221. The number of aromatic amines is 1. The highest BCUT2D eigenvalue weighted by Gasteiger charge is 2.14. The van der Waals surface area contributed by atoms with Crippen molar-refractivity contribution in [1.29, 1.82) is 0 Å². The van der Waals surface area contributed by atoms with Crippen molar-refractivity contribution in [2.24, 2.45) is 5.73 Å². The average Bonchev–Trinajstić information content (AvgIpc) is 2.69. The zero-order chi connectivity index (χ0) is 10.7. The molecule has 1 aromatic rings. The molecule has 2 heterocycles. The Hall–Kier alpha value is -0.840. The summed E-state index contributed by atoms with van der Waals surface area (Å²) in [6.45, 7) is 6.28. The van der Waals surface area contributed by atoms with Crippen molar-refractivity contribution >= 4 is 0 Å². The molecule has 15 heavy (non-hydrogen) atoms. The van der Waals surface area contributed by atoms with E-state index < -0.39 is 0 Å². The standard InChI is InChI=1S/C11H20N4/c1-14-4-6-15(7-5-14)9-11-3-2-10(8-12)13-11/h2-3,13H,4-9,12H2,1H3. The van der Waals surface area contributed by atoms with Gasteiger partial charge in [0, 0.05) is 50.7 Å². The second-order valence-electron chi connectivity index (χ2n) is 4.29. The van der Waals surface area contributed by atoms with Gasteiger partial charge in [0.1, 0.15) is 0 Å². The molecule has 0 unspecified atom stereocenters. The average molecular weight is 208 g/mol. The van der Waals surface area contributed by atoms with Gasteiger partial charge in [0.15, 0.2) is 0 Å². The summed E-state index contributed by atoms with van der Waals surface area (Å²) in [5.74, 6) is 0. The van der Waals surface area contributed by atoms with Crippen molar-refractivity contribution < 1.29 is 0 Å². The Morgan fingerprint density at radius 1 is 1.20 bits per heavy atom. The Labute approximate surface area is 91.0 Å². The molecule has 1 aromatic heterocycles. The van der Waals surface area contributed by atoms with E-state index >= 15 is 0 Å². The van der Waals surface area contributed by atoms with Gasteiger partial charge in [0.25, 0.3) is 0 Å². The first-order chi connectivity index (χ1) is 7.28. The molecule has 0 saturated carbocycles. The number of H-pyrrole nitrogens is 1. The highest BCUT2D eigenvalue weighted by atomic mass is 15.2. The summed E-state index contributed by atoms with van der Waals surface area (Å²) in [5.41, 5.74) is 7.96. The van der Waals surface area contributed by atoms with Gasteiger partial charge in [-0.1, -0.05) is 0 Å². The number of likely N-dealkylation sites (N-methyl/N-ethyl adjacent to an activating group) is 1. The van der Waals surface area contributed by atoms with E-state index in [-0.39, 0.29) is 0 Å². The van der Waals surface area contributed by atoms with Gasteiger partial charge in [-0.25, -0.2) is 0 Å². The van der Waals surface area contributed by atoms with Crippen molar-refractivity contribution in [2.45, 2.75) is 13.1 Å². The van der Waals surface area contributed by atoms with Crippen LogP contribution in [0.25, 0.3) is 0 Å². The van der Waals surface area contributed by atoms with Crippen LogP contribution in [0.4, 0.5) is 0 Å². The Balaban J connectivity index is 1.86. The first kappa shape index (κ1) is 10.7. The lowest BCUT2D eigenvalue weighted by Gasteiger charge is -2.31. The van der Waals surface area contributed by atoms with Crippen LogP contribution in [0.5, 0.6) is 0 Å². The summed E-state index contributed by atoms with van der Waals surface area (Å²) in [6, 6.07) is 4.21. The maximum atomic E-state index is 5.56.